The van der Waals surface area contributed by atoms with E-state index in [4.69, 9.17) is 11.6 Å². The fourth-order valence-electron chi connectivity index (χ4n) is 4.32. The molecule has 1 fully saturated rings. The van der Waals surface area contributed by atoms with E-state index in [1.165, 1.54) is 4.90 Å². The van der Waals surface area contributed by atoms with Crippen molar-refractivity contribution >= 4 is 45.5 Å². The fourth-order valence-corrected chi connectivity index (χ4v) is 4.48. The molecule has 1 amide bonds. The first-order valence-electron chi connectivity index (χ1n) is 10.4. The van der Waals surface area contributed by atoms with Crippen LogP contribution >= 0.6 is 11.6 Å². The number of aliphatic hydroxyl groups excluding tert-OH is 1. The van der Waals surface area contributed by atoms with E-state index in [0.29, 0.717) is 22.0 Å². The van der Waals surface area contributed by atoms with Crippen LogP contribution in [0.1, 0.15) is 22.9 Å². The molecule has 1 atom stereocenters. The Labute approximate surface area is 195 Å². The van der Waals surface area contributed by atoms with Crippen LogP contribution in [0.3, 0.4) is 0 Å². The molecular formula is C27H19ClN2O3. The van der Waals surface area contributed by atoms with Crippen molar-refractivity contribution in [2.24, 2.45) is 0 Å². The second-order valence-corrected chi connectivity index (χ2v) is 8.32. The second kappa shape index (κ2) is 8.19. The molecule has 33 heavy (non-hydrogen) atoms. The Kier molecular flexibility index (Phi) is 5.19. The van der Waals surface area contributed by atoms with Gasteiger partial charge < -0.3 is 5.11 Å². The van der Waals surface area contributed by atoms with Gasteiger partial charge in [0.1, 0.15) is 11.8 Å². The maximum atomic E-state index is 13.4. The maximum absolute atomic E-state index is 13.4. The summed E-state index contributed by atoms with van der Waals surface area (Å²) in [7, 11) is 0. The number of amides is 1. The predicted molar refractivity (Wildman–Crippen MR) is 129 cm³/mol. The van der Waals surface area contributed by atoms with Gasteiger partial charge in [0.15, 0.2) is 0 Å². The third-order valence-electron chi connectivity index (χ3n) is 5.89. The number of halogens is 1. The summed E-state index contributed by atoms with van der Waals surface area (Å²) in [5.74, 6) is -1.74. The summed E-state index contributed by atoms with van der Waals surface area (Å²) in [5, 5.41) is 13.6. The van der Waals surface area contributed by atoms with E-state index in [9.17, 15) is 14.7 Å². The van der Waals surface area contributed by atoms with E-state index in [2.05, 4.69) is 4.98 Å². The van der Waals surface area contributed by atoms with Crippen molar-refractivity contribution in [1.29, 1.82) is 0 Å². The van der Waals surface area contributed by atoms with Crippen LogP contribution < -0.4 is 4.90 Å². The number of carbonyl (C=O) groups is 2. The summed E-state index contributed by atoms with van der Waals surface area (Å²) >= 11 is 6.23. The van der Waals surface area contributed by atoms with Crippen LogP contribution in [0.2, 0.25) is 5.02 Å². The van der Waals surface area contributed by atoms with Gasteiger partial charge in [0.05, 0.1) is 11.3 Å². The highest BCUT2D eigenvalue weighted by Crippen LogP contribution is 2.43. The topological polar surface area (TPSA) is 70.5 Å². The first kappa shape index (κ1) is 20.9. The van der Waals surface area contributed by atoms with Crippen molar-refractivity contribution in [2.75, 3.05) is 4.90 Å². The van der Waals surface area contributed by atoms with E-state index in [-0.39, 0.29) is 11.3 Å². The average Bonchev–Trinajstić information content (AvgIpc) is 3.10. The Morgan fingerprint density at radius 3 is 2.52 bits per heavy atom. The minimum absolute atomic E-state index is 0.00516. The summed E-state index contributed by atoms with van der Waals surface area (Å²) in [6.07, 6.45) is 1.60. The number of carbonyl (C=O) groups excluding carboxylic acids is 2. The van der Waals surface area contributed by atoms with Crippen molar-refractivity contribution < 1.29 is 14.7 Å². The minimum atomic E-state index is -0.901. The van der Waals surface area contributed by atoms with Crippen molar-refractivity contribution in [2.45, 2.75) is 13.0 Å². The van der Waals surface area contributed by atoms with Gasteiger partial charge in [-0.2, -0.15) is 0 Å². The molecule has 0 saturated carbocycles. The lowest BCUT2D eigenvalue weighted by Gasteiger charge is -2.26. The Bertz CT molecular complexity index is 1440. The number of benzene rings is 3. The predicted octanol–water partition coefficient (Wildman–Crippen LogP) is 5.82. The number of aliphatic hydroxyl groups is 1. The highest BCUT2D eigenvalue weighted by molar-refractivity contribution is 6.52. The highest BCUT2D eigenvalue weighted by atomic mass is 35.5. The second-order valence-electron chi connectivity index (χ2n) is 7.88. The molecule has 6 heteroatoms. The van der Waals surface area contributed by atoms with E-state index in [0.717, 1.165) is 16.3 Å². The van der Waals surface area contributed by atoms with E-state index >= 15 is 0 Å². The third kappa shape index (κ3) is 3.47. The Balaban J connectivity index is 1.80. The molecule has 0 aliphatic carbocycles. The highest BCUT2D eigenvalue weighted by Gasteiger charge is 2.48. The number of fused-ring (bicyclic) bond motifs is 1. The van der Waals surface area contributed by atoms with Crippen LogP contribution in [0.15, 0.2) is 90.6 Å². The lowest BCUT2D eigenvalue weighted by Crippen LogP contribution is -2.30. The van der Waals surface area contributed by atoms with Gasteiger partial charge in [-0.3, -0.25) is 19.5 Å². The summed E-state index contributed by atoms with van der Waals surface area (Å²) < 4.78 is 0. The smallest absolute Gasteiger partial charge is 0.300 e. The number of aromatic nitrogens is 1. The molecule has 0 bridgehead atoms. The molecule has 5 rings (SSSR count). The summed E-state index contributed by atoms with van der Waals surface area (Å²) in [5.41, 5.74) is 2.21. The molecule has 1 aliphatic heterocycles. The molecule has 1 unspecified atom stereocenters. The van der Waals surface area contributed by atoms with Gasteiger partial charge in [0, 0.05) is 22.5 Å². The standard InChI is InChI=1S/C27H19ClN2O3/c1-16-12-13-18(28)15-22(16)30-24(21-11-4-5-14-29-21)23(26(32)27(30)33)25(31)20-10-6-8-17-7-2-3-9-19(17)20/h2-15,24,31H,1H3/b25-23-. The number of rotatable bonds is 3. The molecule has 2 heterocycles. The Hall–Kier alpha value is -3.96. The van der Waals surface area contributed by atoms with Gasteiger partial charge >= 0.3 is 0 Å². The van der Waals surface area contributed by atoms with Gasteiger partial charge in [-0.25, -0.2) is 0 Å². The lowest BCUT2D eigenvalue weighted by atomic mass is 9.95. The molecule has 5 nitrogen and oxygen atoms in total. The number of anilines is 1. The van der Waals surface area contributed by atoms with Crippen molar-refractivity contribution in [3.63, 3.8) is 0 Å². The molecular weight excluding hydrogens is 436 g/mol. The minimum Gasteiger partial charge on any atom is -0.507 e. The zero-order chi connectivity index (χ0) is 23.1. The quantitative estimate of drug-likeness (QED) is 0.240. The van der Waals surface area contributed by atoms with Gasteiger partial charge in [-0.1, -0.05) is 66.2 Å². The van der Waals surface area contributed by atoms with Crippen molar-refractivity contribution in [3.05, 3.63) is 112 Å². The average molecular weight is 455 g/mol. The van der Waals surface area contributed by atoms with Gasteiger partial charge in [-0.15, -0.1) is 0 Å². The van der Waals surface area contributed by atoms with Crippen LogP contribution in [0.4, 0.5) is 5.69 Å². The molecule has 0 radical (unpaired) electrons. The van der Waals surface area contributed by atoms with E-state index in [1.54, 1.807) is 48.7 Å². The van der Waals surface area contributed by atoms with Crippen LogP contribution in [0.25, 0.3) is 16.5 Å². The molecule has 1 N–H and O–H groups in total. The van der Waals surface area contributed by atoms with Crippen LogP contribution in [0, 0.1) is 6.92 Å². The SMILES string of the molecule is Cc1ccc(Cl)cc1N1C(=O)C(=O)/C(=C(\O)c2cccc3ccccc23)C1c1ccccn1. The van der Waals surface area contributed by atoms with Crippen LogP contribution in [-0.2, 0) is 9.59 Å². The summed E-state index contributed by atoms with van der Waals surface area (Å²) in [4.78, 5) is 32.5. The molecule has 162 valence electrons. The molecule has 1 aromatic heterocycles. The van der Waals surface area contributed by atoms with Crippen molar-refractivity contribution in [1.82, 2.24) is 4.98 Å². The maximum Gasteiger partial charge on any atom is 0.300 e. The molecule has 3 aromatic carbocycles. The zero-order valence-corrected chi connectivity index (χ0v) is 18.5. The Morgan fingerprint density at radius 2 is 1.73 bits per heavy atom. The zero-order valence-electron chi connectivity index (χ0n) is 17.7. The number of hydrogen-bond acceptors (Lipinski definition) is 4. The monoisotopic (exact) mass is 454 g/mol. The molecule has 0 spiro atoms. The van der Waals surface area contributed by atoms with E-state index < -0.39 is 17.7 Å². The number of pyridine rings is 1. The van der Waals surface area contributed by atoms with Crippen LogP contribution in [-0.4, -0.2) is 21.8 Å². The Morgan fingerprint density at radius 1 is 0.970 bits per heavy atom. The molecule has 1 saturated heterocycles. The number of hydrogen-bond donors (Lipinski definition) is 1. The largest absolute Gasteiger partial charge is 0.507 e. The summed E-state index contributed by atoms with van der Waals surface area (Å²) in [6.45, 7) is 1.84. The molecule has 4 aromatic rings. The third-order valence-corrected chi connectivity index (χ3v) is 6.12. The fraction of sp³-hybridized carbons (Fsp3) is 0.0741. The number of nitrogens with zero attached hydrogens (tertiary/aromatic N) is 2. The van der Waals surface area contributed by atoms with Gasteiger partial charge in [0.25, 0.3) is 11.7 Å². The molecule has 1 aliphatic rings. The first-order chi connectivity index (χ1) is 16.0. The number of Topliss-reactive ketones (excluding diaryl/α,β-unsaturated/α-hetero) is 1. The lowest BCUT2D eigenvalue weighted by molar-refractivity contribution is -0.132. The first-order valence-corrected chi connectivity index (χ1v) is 10.8. The van der Waals surface area contributed by atoms with Crippen LogP contribution in [0.5, 0.6) is 0 Å². The van der Waals surface area contributed by atoms with Gasteiger partial charge in [0.2, 0.25) is 0 Å². The number of aryl methyl sites for hydroxylation is 1. The van der Waals surface area contributed by atoms with E-state index in [1.807, 2.05) is 43.3 Å². The normalized spacial score (nSPS) is 17.6. The van der Waals surface area contributed by atoms with Gasteiger partial charge in [-0.05, 0) is 47.5 Å². The summed E-state index contributed by atoms with van der Waals surface area (Å²) in [6, 6.07) is 22.6. The number of ketones is 1. The van der Waals surface area contributed by atoms with Crippen molar-refractivity contribution in [3.8, 4) is 0 Å².